The average molecular weight is 1960 g/mol. The van der Waals surface area contributed by atoms with Crippen LogP contribution in [0.4, 0.5) is 45.5 Å². The minimum absolute atomic E-state index is 0.0510. The third kappa shape index (κ3) is 36.1. The van der Waals surface area contributed by atoms with Gasteiger partial charge in [-0.15, -0.1) is 0 Å². The van der Waals surface area contributed by atoms with Crippen molar-refractivity contribution in [2.45, 2.75) is 137 Å². The number of anilines is 8. The second-order valence-corrected chi connectivity index (χ2v) is 30.3. The number of ether oxygens (including phenoxy) is 14. The molecule has 141 heavy (non-hydrogen) atoms. The van der Waals surface area contributed by atoms with E-state index in [4.69, 9.17) is 82.9 Å². The third-order valence-electron chi connectivity index (χ3n) is 20.5. The molecule has 0 spiro atoms. The number of rotatable bonds is 37. The van der Waals surface area contributed by atoms with Gasteiger partial charge in [0, 0.05) is 123 Å². The minimum Gasteiger partial charge on any atom is -0.482 e. The quantitative estimate of drug-likeness (QED) is 0.0107. The maximum Gasteiger partial charge on any atom is 0.348 e. The Labute approximate surface area is 814 Å². The molecular formula is C100H121N9O32. The number of aliphatic hydroxyl groups excluding tert-OH is 3. The number of nitrogen functional groups attached to an aromatic ring is 1. The van der Waals surface area contributed by atoms with E-state index in [1.165, 1.54) is 31.2 Å². The number of carboxylic acids is 1. The zero-order valence-corrected chi connectivity index (χ0v) is 79.9. The van der Waals surface area contributed by atoms with Crippen LogP contribution in [0.25, 0.3) is 0 Å². The maximum atomic E-state index is 13.4. The van der Waals surface area contributed by atoms with E-state index >= 15 is 0 Å². The average Bonchev–Trinajstić information content (AvgIpc) is 0.797. The Morgan fingerprint density at radius 3 is 0.894 bits per heavy atom. The molecule has 8 aromatic carbocycles. The lowest BCUT2D eigenvalue weighted by Gasteiger charge is -2.35. The molecule has 0 bridgehead atoms. The van der Waals surface area contributed by atoms with Crippen molar-refractivity contribution in [1.82, 2.24) is 0 Å². The van der Waals surface area contributed by atoms with Crippen LogP contribution in [0.5, 0.6) is 23.0 Å². The molecule has 8 atom stereocenters. The molecule has 4 fully saturated rings. The largest absolute Gasteiger partial charge is 0.482 e. The van der Waals surface area contributed by atoms with Gasteiger partial charge in [-0.3, -0.25) is 43.2 Å². The minimum atomic E-state index is -1.75. The number of aliphatic hydroxyl groups is 3. The Kier molecular flexibility index (Phi) is 47.6. The number of aryl methyl sites for hydroxylation is 3. The molecule has 8 aromatic rings. The molecular weight excluding hydrogens is 1840 g/mol. The normalized spacial score (nSPS) is 16.1. The first-order valence-electron chi connectivity index (χ1n) is 45.2. The van der Waals surface area contributed by atoms with E-state index < -0.39 is 132 Å². The van der Waals surface area contributed by atoms with Crippen molar-refractivity contribution < 1.29 is 154 Å². The van der Waals surface area contributed by atoms with Crippen LogP contribution in [0.1, 0.15) is 84.6 Å². The van der Waals surface area contributed by atoms with Crippen LogP contribution in [0.3, 0.4) is 0 Å². The number of benzene rings is 8. The van der Waals surface area contributed by atoms with Gasteiger partial charge in [0.1, 0.15) is 23.0 Å². The van der Waals surface area contributed by atoms with Crippen LogP contribution in [0.2, 0.25) is 0 Å². The predicted octanol–water partition coefficient (Wildman–Crippen LogP) is 7.05. The summed E-state index contributed by atoms with van der Waals surface area (Å²) in [5.41, 5.74) is 19.7. The summed E-state index contributed by atoms with van der Waals surface area (Å²) in [6.45, 7) is 16.7. The van der Waals surface area contributed by atoms with Crippen molar-refractivity contribution in [2.75, 3.05) is 154 Å². The van der Waals surface area contributed by atoms with Crippen LogP contribution in [-0.2, 0) is 140 Å². The Morgan fingerprint density at radius 1 is 0.369 bits per heavy atom. The van der Waals surface area contributed by atoms with Gasteiger partial charge in [-0.1, -0.05) is 93.6 Å². The van der Waals surface area contributed by atoms with E-state index in [2.05, 4.69) is 35.0 Å². The zero-order chi connectivity index (χ0) is 103. The van der Waals surface area contributed by atoms with Crippen molar-refractivity contribution in [1.29, 1.82) is 0 Å². The summed E-state index contributed by atoms with van der Waals surface area (Å²) in [6, 6.07) is 55.4. The van der Waals surface area contributed by atoms with Gasteiger partial charge in [-0.05, 0) is 166 Å². The van der Waals surface area contributed by atoms with Gasteiger partial charge in [-0.2, -0.15) is 0 Å². The summed E-state index contributed by atoms with van der Waals surface area (Å²) in [6.07, 6.45) is -9.38. The number of carboxylic acid groups (broad SMARTS) is 1. The van der Waals surface area contributed by atoms with E-state index in [0.717, 1.165) is 62.6 Å². The highest BCUT2D eigenvalue weighted by Crippen LogP contribution is 2.32. The number of esters is 6. The first-order valence-corrected chi connectivity index (χ1v) is 45.2. The molecule has 4 heterocycles. The Morgan fingerprint density at radius 2 is 0.624 bits per heavy atom. The lowest BCUT2D eigenvalue weighted by Crippen LogP contribution is -2.56. The summed E-state index contributed by atoms with van der Waals surface area (Å²) in [5.74, 6) is -8.14. The van der Waals surface area contributed by atoms with Crippen molar-refractivity contribution in [2.24, 2.45) is 5.73 Å². The predicted molar refractivity (Wildman–Crippen MR) is 514 cm³/mol. The standard InChI is InChI=1S/C26H30N2O8.C24H28N2O7.C23H27N3O7.C18H21NO9.C8H11N.CH4O/c1-4-18-9-11-19(12-10-18)27-25(31)23(36-17(3)29)24-26(32)28(13-14-34-24)20-7-6-8-21(15-20)35-16-22(30)33-5-2;1-3-16-8-10-17(11-9-16)25-23(29)21(28)22-24(30)26(12-13-32-22)18-6-5-7-19(14-18)33-15-20(27)31-4-2;1-2-31-19(27)14-33-18-5-3-4-17(12-18)26-10-11-32-21(23(26)30)20(28)22(29)25-16-8-6-15(13-24)7-9-16;1-3-25-14(21)10-27-13-6-4-5-12(9-13)19-7-8-26-15(17(19)22)16(18(23)24)28-11(2)20;1-2-7-3-5-8(9)6-4-7;1-2/h6-12,15,23-24H,4-5,13-14,16H2,1-3H3,(H,27,31);5-11,14,21-22,28H,3-4,12-13,15H2,1-2H3,(H,25,29);3-9,12,20-21,28H,2,10-11,13-14,24H2,1H3,(H,25,29);4-6,9,15-16H,3,7-8,10H2,1-2H3,(H,23,24);3-6H,2,9H2,1H3;2H,1H3/t23-,24-;21-,22-;20-,21-;15-,16-;;/m1111../s1. The number of nitrogens with two attached hydrogens (primary N) is 2. The van der Waals surface area contributed by atoms with Crippen LogP contribution in [0.15, 0.2) is 194 Å². The summed E-state index contributed by atoms with van der Waals surface area (Å²) in [7, 11) is 1.00. The number of carbonyl (C=O) groups excluding carboxylic acids is 13. The van der Waals surface area contributed by atoms with E-state index in [1.54, 1.807) is 167 Å². The third-order valence-corrected chi connectivity index (χ3v) is 20.5. The van der Waals surface area contributed by atoms with Gasteiger partial charge in [0.05, 0.1) is 52.9 Å². The Hall–Kier alpha value is -15.0. The van der Waals surface area contributed by atoms with Gasteiger partial charge in [0.25, 0.3) is 41.4 Å². The van der Waals surface area contributed by atoms with Crippen LogP contribution < -0.4 is 66.0 Å². The molecule has 0 radical (unpaired) electrons. The van der Waals surface area contributed by atoms with Crippen molar-refractivity contribution in [3.63, 3.8) is 0 Å². The first-order chi connectivity index (χ1) is 67.8. The van der Waals surface area contributed by atoms with Crippen LogP contribution in [0, 0.1) is 0 Å². The van der Waals surface area contributed by atoms with Gasteiger partial charge < -0.3 is 134 Å². The number of amides is 7. The maximum absolute atomic E-state index is 13.4. The highest BCUT2D eigenvalue weighted by molar-refractivity contribution is 6.07. The monoisotopic (exact) mass is 1960 g/mol. The summed E-state index contributed by atoms with van der Waals surface area (Å²) in [5, 5.41) is 45.2. The summed E-state index contributed by atoms with van der Waals surface area (Å²) < 4.78 is 72.6. The molecule has 4 saturated heterocycles. The molecule has 0 aromatic heterocycles. The number of nitrogens with zero attached hydrogens (tertiary/aromatic N) is 4. The molecule has 41 heteroatoms. The number of morpholine rings is 4. The summed E-state index contributed by atoms with van der Waals surface area (Å²) >= 11 is 0. The molecule has 4 aliphatic heterocycles. The number of nitrogens with one attached hydrogen (secondary N) is 3. The SMILES string of the molecule is CCOC(=O)COc1cccc(N2CCO[C@H]([C@@H](O)C(=O)Nc3ccc(CC)cc3)C2=O)c1.CCOC(=O)COc1cccc(N2CCO[C@H]([C@@H](O)C(=O)Nc3ccc(CN)cc3)C2=O)c1.CCOC(=O)COc1cccc(N2CCO[C@H]([C@@H](OC(C)=O)C(=O)Nc3ccc(CC)cc3)C2=O)c1.CCOC(=O)COc1cccc(N2CCO[C@H]([C@@H](OC(C)=O)C(=O)O)C2=O)c1.CCc1ccc(N)cc1.CO. The van der Waals surface area contributed by atoms with Crippen LogP contribution in [-0.4, -0.2) is 265 Å². The fourth-order valence-corrected chi connectivity index (χ4v) is 13.6. The molecule has 12 rings (SSSR count). The van der Waals surface area contributed by atoms with E-state index in [1.807, 2.05) is 50.2 Å². The molecule has 0 unspecified atom stereocenters. The summed E-state index contributed by atoms with van der Waals surface area (Å²) in [4.78, 5) is 176. The van der Waals surface area contributed by atoms with Gasteiger partial charge in [0.2, 0.25) is 12.2 Å². The molecule has 758 valence electrons. The highest BCUT2D eigenvalue weighted by atomic mass is 16.6. The number of carbonyl (C=O) groups is 14. The fourth-order valence-electron chi connectivity index (χ4n) is 13.6. The highest BCUT2D eigenvalue weighted by Gasteiger charge is 2.46. The lowest BCUT2D eigenvalue weighted by atomic mass is 10.1. The van der Waals surface area contributed by atoms with Crippen LogP contribution >= 0.6 is 0 Å². The second kappa shape index (κ2) is 59.3. The molecule has 0 aliphatic carbocycles. The molecule has 0 saturated carbocycles. The Balaban J connectivity index is 0.000000247. The van der Waals surface area contributed by atoms with Crippen molar-refractivity contribution in [3.05, 3.63) is 216 Å². The van der Waals surface area contributed by atoms with Gasteiger partial charge in [-0.25, -0.2) is 24.0 Å². The zero-order valence-electron chi connectivity index (χ0n) is 79.9. The van der Waals surface area contributed by atoms with Crippen molar-refractivity contribution >= 4 is 129 Å². The number of hydrogen-bond donors (Lipinski definition) is 9. The Bertz CT molecular complexity index is 5280. The fraction of sp³-hybridized carbons (Fsp3) is 0.380. The van der Waals surface area contributed by atoms with E-state index in [0.29, 0.717) is 69.4 Å². The van der Waals surface area contributed by atoms with E-state index in [9.17, 15) is 82.4 Å². The molecule has 41 nitrogen and oxygen atoms in total. The number of aliphatic carboxylic acids is 1. The smallest absolute Gasteiger partial charge is 0.348 e. The van der Waals surface area contributed by atoms with Crippen molar-refractivity contribution in [3.8, 4) is 23.0 Å². The number of hydrogen-bond acceptors (Lipinski definition) is 33. The molecule has 7 amide bonds. The second-order valence-electron chi connectivity index (χ2n) is 30.3. The molecule has 11 N–H and O–H groups in total. The topological polar surface area (TPSA) is 550 Å². The van der Waals surface area contributed by atoms with Gasteiger partial charge >= 0.3 is 41.8 Å². The lowest BCUT2D eigenvalue weighted by molar-refractivity contribution is -0.177. The first kappa shape index (κ1) is 113. The molecule has 4 aliphatic rings. The van der Waals surface area contributed by atoms with E-state index in [-0.39, 0.29) is 105 Å². The van der Waals surface area contributed by atoms with Gasteiger partial charge in [0.15, 0.2) is 63.1 Å².